The summed E-state index contributed by atoms with van der Waals surface area (Å²) in [4.78, 5) is 24.0. The van der Waals surface area contributed by atoms with Crippen molar-refractivity contribution in [3.05, 3.63) is 28.2 Å². The largest absolute Gasteiger partial charge is 0.368 e. The molecule has 1 aromatic carbocycles. The van der Waals surface area contributed by atoms with Gasteiger partial charge in [0.05, 0.1) is 10.8 Å². The van der Waals surface area contributed by atoms with Crippen LogP contribution in [0.3, 0.4) is 0 Å². The van der Waals surface area contributed by atoms with Crippen LogP contribution in [0, 0.1) is 0 Å². The summed E-state index contributed by atoms with van der Waals surface area (Å²) in [5, 5.41) is 1.08. The number of benzene rings is 1. The molecular formula is C13H14Cl2N2O3S. The molecule has 1 heterocycles. The number of halogens is 2. The van der Waals surface area contributed by atoms with Crippen molar-refractivity contribution < 1.29 is 14.3 Å². The third-order valence-electron chi connectivity index (χ3n) is 2.80. The van der Waals surface area contributed by atoms with Gasteiger partial charge in [0.1, 0.15) is 6.10 Å². The number of thioether (sulfide) groups is 1. The van der Waals surface area contributed by atoms with E-state index in [0.717, 1.165) is 6.42 Å². The molecular weight excluding hydrogens is 335 g/mol. The summed E-state index contributed by atoms with van der Waals surface area (Å²) in [5.41, 5.74) is 4.70. The molecule has 1 saturated heterocycles. The van der Waals surface area contributed by atoms with E-state index in [9.17, 15) is 9.59 Å². The van der Waals surface area contributed by atoms with E-state index in [-0.39, 0.29) is 17.6 Å². The Morgan fingerprint density at radius 1 is 1.33 bits per heavy atom. The first-order chi connectivity index (χ1) is 10.1. The van der Waals surface area contributed by atoms with Crippen molar-refractivity contribution in [2.75, 3.05) is 12.4 Å². The van der Waals surface area contributed by atoms with Crippen LogP contribution in [0.25, 0.3) is 0 Å². The van der Waals surface area contributed by atoms with Gasteiger partial charge in [0.2, 0.25) is 5.91 Å². The van der Waals surface area contributed by atoms with Crippen molar-refractivity contribution >= 4 is 46.8 Å². The maximum atomic E-state index is 11.7. The molecule has 1 aliphatic heterocycles. The van der Waals surface area contributed by atoms with Crippen molar-refractivity contribution in [2.45, 2.75) is 23.8 Å². The van der Waals surface area contributed by atoms with Gasteiger partial charge in [-0.25, -0.2) is 0 Å². The Kier molecular flexibility index (Phi) is 6.17. The number of rotatable bonds is 4. The molecule has 0 aromatic heterocycles. The summed E-state index contributed by atoms with van der Waals surface area (Å²) in [6, 6.07) is 5.03. The number of carbonyl (C=O) groups excluding carboxylic acids is 2. The highest BCUT2D eigenvalue weighted by atomic mass is 35.5. The van der Waals surface area contributed by atoms with Gasteiger partial charge in [-0.3, -0.25) is 20.4 Å². The van der Waals surface area contributed by atoms with Crippen molar-refractivity contribution in [1.29, 1.82) is 0 Å². The van der Waals surface area contributed by atoms with Crippen molar-refractivity contribution in [2.24, 2.45) is 0 Å². The molecule has 2 N–H and O–H groups in total. The average Bonchev–Trinajstić information content (AvgIpc) is 3.00. The maximum absolute atomic E-state index is 11.7. The van der Waals surface area contributed by atoms with Gasteiger partial charge >= 0.3 is 0 Å². The predicted octanol–water partition coefficient (Wildman–Crippen LogP) is 2.41. The Bertz CT molecular complexity index is 536. The summed E-state index contributed by atoms with van der Waals surface area (Å²) in [6.07, 6.45) is 1.06. The van der Waals surface area contributed by atoms with Gasteiger partial charge in [-0.15, -0.1) is 11.8 Å². The number of hydrazine groups is 1. The zero-order valence-corrected chi connectivity index (χ0v) is 13.4. The average molecular weight is 349 g/mol. The van der Waals surface area contributed by atoms with Crippen LogP contribution in [-0.4, -0.2) is 30.3 Å². The van der Waals surface area contributed by atoms with E-state index in [1.807, 2.05) is 0 Å². The molecule has 0 radical (unpaired) electrons. The number of carbonyl (C=O) groups is 2. The smallest absolute Gasteiger partial charge is 0.267 e. The van der Waals surface area contributed by atoms with Crippen molar-refractivity contribution in [3.8, 4) is 0 Å². The molecule has 1 unspecified atom stereocenters. The molecule has 0 spiro atoms. The lowest BCUT2D eigenvalue weighted by Crippen LogP contribution is -2.46. The van der Waals surface area contributed by atoms with Crippen LogP contribution in [0.1, 0.15) is 12.8 Å². The van der Waals surface area contributed by atoms with Crippen molar-refractivity contribution in [3.63, 3.8) is 0 Å². The first kappa shape index (κ1) is 16.4. The zero-order valence-electron chi connectivity index (χ0n) is 11.0. The quantitative estimate of drug-likeness (QED) is 0.647. The van der Waals surface area contributed by atoms with Crippen LogP contribution in [-0.2, 0) is 14.3 Å². The number of ether oxygens (including phenoxy) is 1. The molecule has 1 atom stereocenters. The summed E-state index contributed by atoms with van der Waals surface area (Å²) in [7, 11) is 0. The lowest BCUT2D eigenvalue weighted by atomic mass is 10.2. The highest BCUT2D eigenvalue weighted by molar-refractivity contribution is 8.00. The Balaban J connectivity index is 1.74. The lowest BCUT2D eigenvalue weighted by molar-refractivity contribution is -0.134. The normalized spacial score (nSPS) is 17.5. The fourth-order valence-electron chi connectivity index (χ4n) is 1.76. The van der Waals surface area contributed by atoms with Crippen LogP contribution < -0.4 is 10.9 Å². The summed E-state index contributed by atoms with van der Waals surface area (Å²) in [5.74, 6) is -0.541. The molecule has 0 aliphatic carbocycles. The minimum atomic E-state index is -0.472. The molecule has 1 fully saturated rings. The molecule has 21 heavy (non-hydrogen) atoms. The van der Waals surface area contributed by atoms with Gasteiger partial charge < -0.3 is 4.74 Å². The summed E-state index contributed by atoms with van der Waals surface area (Å²) < 4.78 is 5.20. The Morgan fingerprint density at radius 3 is 2.86 bits per heavy atom. The molecule has 8 heteroatoms. The van der Waals surface area contributed by atoms with E-state index >= 15 is 0 Å². The molecule has 1 aliphatic rings. The number of nitrogens with one attached hydrogen (secondary N) is 2. The van der Waals surface area contributed by atoms with Gasteiger partial charge in [0, 0.05) is 16.5 Å². The van der Waals surface area contributed by atoms with E-state index in [2.05, 4.69) is 10.9 Å². The van der Waals surface area contributed by atoms with Crippen LogP contribution in [0.2, 0.25) is 10.0 Å². The monoisotopic (exact) mass is 348 g/mol. The SMILES string of the molecule is O=C(CSc1cc(Cl)ccc1Cl)NNC(=O)C1CCCO1. The Labute approximate surface area is 136 Å². The van der Waals surface area contributed by atoms with Crippen LogP contribution in [0.15, 0.2) is 23.1 Å². The van der Waals surface area contributed by atoms with E-state index in [0.29, 0.717) is 28.0 Å². The highest BCUT2D eigenvalue weighted by Gasteiger charge is 2.23. The molecule has 114 valence electrons. The fourth-order valence-corrected chi connectivity index (χ4v) is 3.06. The lowest BCUT2D eigenvalue weighted by Gasteiger charge is -2.11. The summed E-state index contributed by atoms with van der Waals surface area (Å²) >= 11 is 13.1. The van der Waals surface area contributed by atoms with E-state index in [1.165, 1.54) is 11.8 Å². The van der Waals surface area contributed by atoms with Gasteiger partial charge in [0.25, 0.3) is 5.91 Å². The molecule has 1 aromatic rings. The van der Waals surface area contributed by atoms with Crippen LogP contribution in [0.4, 0.5) is 0 Å². The second-order valence-corrected chi connectivity index (χ2v) is 6.26. The minimum absolute atomic E-state index is 0.117. The second-order valence-electron chi connectivity index (χ2n) is 4.40. The summed E-state index contributed by atoms with van der Waals surface area (Å²) in [6.45, 7) is 0.579. The van der Waals surface area contributed by atoms with Crippen molar-refractivity contribution in [1.82, 2.24) is 10.9 Å². The third kappa shape index (κ3) is 5.07. The number of hydrogen-bond donors (Lipinski definition) is 2. The molecule has 0 bridgehead atoms. The molecule has 5 nitrogen and oxygen atoms in total. The first-order valence-electron chi connectivity index (χ1n) is 6.34. The Hall–Kier alpha value is -0.950. The van der Waals surface area contributed by atoms with E-state index in [1.54, 1.807) is 18.2 Å². The number of hydrogen-bond acceptors (Lipinski definition) is 4. The van der Waals surface area contributed by atoms with Gasteiger partial charge in [0.15, 0.2) is 0 Å². The molecule has 2 rings (SSSR count). The minimum Gasteiger partial charge on any atom is -0.368 e. The van der Waals surface area contributed by atoms with E-state index < -0.39 is 6.10 Å². The van der Waals surface area contributed by atoms with Gasteiger partial charge in [-0.2, -0.15) is 0 Å². The highest BCUT2D eigenvalue weighted by Crippen LogP contribution is 2.29. The van der Waals surface area contributed by atoms with Gasteiger partial charge in [-0.1, -0.05) is 23.2 Å². The molecule has 2 amide bonds. The van der Waals surface area contributed by atoms with E-state index in [4.69, 9.17) is 27.9 Å². The second kappa shape index (κ2) is 7.89. The van der Waals surface area contributed by atoms with Crippen LogP contribution in [0.5, 0.6) is 0 Å². The third-order valence-corrected chi connectivity index (χ3v) is 4.53. The standard InChI is InChI=1S/C13H14Cl2N2O3S/c14-8-3-4-9(15)11(6-8)21-7-12(18)16-17-13(19)10-2-1-5-20-10/h3-4,6,10H,1-2,5,7H2,(H,16,18)(H,17,19). The fraction of sp³-hybridized carbons (Fsp3) is 0.385. The van der Waals surface area contributed by atoms with Gasteiger partial charge in [-0.05, 0) is 31.0 Å². The zero-order chi connectivity index (χ0) is 15.2. The number of amides is 2. The topological polar surface area (TPSA) is 67.4 Å². The van der Waals surface area contributed by atoms with Crippen LogP contribution >= 0.6 is 35.0 Å². The Morgan fingerprint density at radius 2 is 2.14 bits per heavy atom. The molecule has 0 saturated carbocycles. The predicted molar refractivity (Wildman–Crippen MR) is 82.4 cm³/mol. The first-order valence-corrected chi connectivity index (χ1v) is 8.08. The maximum Gasteiger partial charge on any atom is 0.267 e.